The molecule has 1 fully saturated rings. The van der Waals surface area contributed by atoms with Crippen LogP contribution in [-0.2, 0) is 11.3 Å². The van der Waals surface area contributed by atoms with Gasteiger partial charge in [0.15, 0.2) is 0 Å². The second-order valence-electron chi connectivity index (χ2n) is 5.10. The van der Waals surface area contributed by atoms with Gasteiger partial charge in [-0.05, 0) is 46.9 Å². The van der Waals surface area contributed by atoms with Crippen LogP contribution in [0.3, 0.4) is 0 Å². The molecule has 106 valence electrons. The van der Waals surface area contributed by atoms with Crippen LogP contribution in [0.1, 0.15) is 18.9 Å². The fourth-order valence-electron chi connectivity index (χ4n) is 2.49. The van der Waals surface area contributed by atoms with E-state index in [1.54, 1.807) is 7.11 Å². The van der Waals surface area contributed by atoms with E-state index in [1.165, 1.54) is 12.1 Å². The van der Waals surface area contributed by atoms with E-state index in [1.807, 2.05) is 4.90 Å². The average Bonchev–Trinajstić information content (AvgIpc) is 2.41. The standard InChI is InChI=1S/C14H18BrF2NO/c1-9-5-6-18(8-13(9)19-2)7-10-12(16)4-3-11(15)14(10)17/h3-4,9,13H,5-8H2,1-2H3. The number of rotatable bonds is 3. The molecule has 1 aliphatic rings. The van der Waals surface area contributed by atoms with Gasteiger partial charge < -0.3 is 4.74 Å². The van der Waals surface area contributed by atoms with Gasteiger partial charge in [0.25, 0.3) is 0 Å². The summed E-state index contributed by atoms with van der Waals surface area (Å²) >= 11 is 3.10. The van der Waals surface area contributed by atoms with Crippen molar-refractivity contribution in [3.63, 3.8) is 0 Å². The quantitative estimate of drug-likeness (QED) is 0.784. The van der Waals surface area contributed by atoms with Gasteiger partial charge >= 0.3 is 0 Å². The first kappa shape index (κ1) is 14.9. The molecule has 0 saturated carbocycles. The lowest BCUT2D eigenvalue weighted by atomic mass is 9.95. The van der Waals surface area contributed by atoms with Gasteiger partial charge in [0, 0.05) is 25.8 Å². The molecule has 2 unspecified atom stereocenters. The van der Waals surface area contributed by atoms with Gasteiger partial charge in [0.2, 0.25) is 0 Å². The number of halogens is 3. The van der Waals surface area contributed by atoms with E-state index in [0.717, 1.165) is 13.0 Å². The first-order chi connectivity index (χ1) is 9.02. The highest BCUT2D eigenvalue weighted by atomic mass is 79.9. The van der Waals surface area contributed by atoms with Crippen LogP contribution in [0.4, 0.5) is 8.78 Å². The number of benzene rings is 1. The van der Waals surface area contributed by atoms with Gasteiger partial charge in [-0.2, -0.15) is 0 Å². The first-order valence-corrected chi connectivity index (χ1v) is 7.19. The Morgan fingerprint density at radius 2 is 2.16 bits per heavy atom. The SMILES string of the molecule is COC1CN(Cc2c(F)ccc(Br)c2F)CCC1C. The lowest BCUT2D eigenvalue weighted by Gasteiger charge is -2.36. The molecule has 2 rings (SSSR count). The van der Waals surface area contributed by atoms with Gasteiger partial charge in [-0.1, -0.05) is 6.92 Å². The lowest BCUT2D eigenvalue weighted by molar-refractivity contribution is -0.00803. The molecule has 0 radical (unpaired) electrons. The normalized spacial score (nSPS) is 24.7. The summed E-state index contributed by atoms with van der Waals surface area (Å²) in [5.74, 6) is -0.515. The highest BCUT2D eigenvalue weighted by Crippen LogP contribution is 2.25. The van der Waals surface area contributed by atoms with Crippen molar-refractivity contribution in [1.29, 1.82) is 0 Å². The summed E-state index contributed by atoms with van der Waals surface area (Å²) in [6, 6.07) is 2.69. The molecule has 0 bridgehead atoms. The zero-order valence-corrected chi connectivity index (χ0v) is 12.7. The molecule has 0 N–H and O–H groups in total. The van der Waals surface area contributed by atoms with Crippen LogP contribution in [0.15, 0.2) is 16.6 Å². The summed E-state index contributed by atoms with van der Waals surface area (Å²) in [5, 5.41) is 0. The van der Waals surface area contributed by atoms with Crippen LogP contribution in [0.2, 0.25) is 0 Å². The molecule has 0 aliphatic carbocycles. The molecule has 2 nitrogen and oxygen atoms in total. The number of ether oxygens (including phenoxy) is 1. The molecule has 1 saturated heterocycles. The summed E-state index contributed by atoms with van der Waals surface area (Å²) in [6.45, 7) is 3.98. The van der Waals surface area contributed by atoms with Crippen molar-refractivity contribution < 1.29 is 13.5 Å². The van der Waals surface area contributed by atoms with Gasteiger partial charge in [0.1, 0.15) is 11.6 Å². The van der Waals surface area contributed by atoms with Crippen molar-refractivity contribution in [2.75, 3.05) is 20.2 Å². The highest BCUT2D eigenvalue weighted by Gasteiger charge is 2.27. The monoisotopic (exact) mass is 333 g/mol. The maximum absolute atomic E-state index is 13.9. The summed E-state index contributed by atoms with van der Waals surface area (Å²) in [7, 11) is 1.69. The molecule has 0 aromatic heterocycles. The molecule has 5 heteroatoms. The maximum Gasteiger partial charge on any atom is 0.144 e. The zero-order chi connectivity index (χ0) is 14.0. The Balaban J connectivity index is 2.12. The van der Waals surface area contributed by atoms with E-state index in [0.29, 0.717) is 16.9 Å². The third-order valence-corrected chi connectivity index (χ3v) is 4.41. The second-order valence-corrected chi connectivity index (χ2v) is 5.95. The van der Waals surface area contributed by atoms with Crippen molar-refractivity contribution >= 4 is 15.9 Å². The Morgan fingerprint density at radius 1 is 1.42 bits per heavy atom. The molecule has 0 amide bonds. The van der Waals surface area contributed by atoms with Crippen LogP contribution in [0, 0.1) is 17.6 Å². The molecular weight excluding hydrogens is 316 g/mol. The van der Waals surface area contributed by atoms with Gasteiger partial charge in [-0.3, -0.25) is 4.90 Å². The molecule has 1 aromatic carbocycles. The number of likely N-dealkylation sites (tertiary alicyclic amines) is 1. The first-order valence-electron chi connectivity index (χ1n) is 6.40. The van der Waals surface area contributed by atoms with E-state index in [2.05, 4.69) is 22.9 Å². The molecule has 19 heavy (non-hydrogen) atoms. The number of hydrogen-bond donors (Lipinski definition) is 0. The largest absolute Gasteiger partial charge is 0.380 e. The minimum atomic E-state index is -0.507. The van der Waals surface area contributed by atoms with E-state index in [9.17, 15) is 8.78 Å². The molecular formula is C14H18BrF2NO. The summed E-state index contributed by atoms with van der Waals surface area (Å²) < 4.78 is 33.4. The Labute approximate surface area is 120 Å². The lowest BCUT2D eigenvalue weighted by Crippen LogP contribution is -2.43. The van der Waals surface area contributed by atoms with Crippen LogP contribution >= 0.6 is 15.9 Å². The van der Waals surface area contributed by atoms with Crippen molar-refractivity contribution in [1.82, 2.24) is 4.90 Å². The summed E-state index contributed by atoms with van der Waals surface area (Å²) in [5.41, 5.74) is 0.124. The second kappa shape index (κ2) is 6.29. The van der Waals surface area contributed by atoms with E-state index in [-0.39, 0.29) is 18.2 Å². The predicted octanol–water partition coefficient (Wildman–Crippen LogP) is 3.58. The third-order valence-electron chi connectivity index (χ3n) is 3.80. The third kappa shape index (κ3) is 3.33. The Hall–Kier alpha value is -0.520. The average molecular weight is 334 g/mol. The summed E-state index contributed by atoms with van der Waals surface area (Å²) in [4.78, 5) is 2.04. The topological polar surface area (TPSA) is 12.5 Å². The maximum atomic E-state index is 13.9. The Morgan fingerprint density at radius 3 is 2.84 bits per heavy atom. The van der Waals surface area contributed by atoms with E-state index in [4.69, 9.17) is 4.74 Å². The number of piperidine rings is 1. The van der Waals surface area contributed by atoms with Crippen molar-refractivity contribution in [3.05, 3.63) is 33.8 Å². The molecule has 1 aliphatic heterocycles. The predicted molar refractivity (Wildman–Crippen MR) is 73.9 cm³/mol. The highest BCUT2D eigenvalue weighted by molar-refractivity contribution is 9.10. The fourth-order valence-corrected chi connectivity index (χ4v) is 2.86. The van der Waals surface area contributed by atoms with Crippen LogP contribution in [-0.4, -0.2) is 31.2 Å². The number of nitrogens with zero attached hydrogens (tertiary/aromatic N) is 1. The van der Waals surface area contributed by atoms with Gasteiger partial charge in [-0.25, -0.2) is 8.78 Å². The smallest absolute Gasteiger partial charge is 0.144 e. The van der Waals surface area contributed by atoms with Crippen molar-refractivity contribution in [2.45, 2.75) is 26.0 Å². The number of methoxy groups -OCH3 is 1. The van der Waals surface area contributed by atoms with Crippen LogP contribution < -0.4 is 0 Å². The van der Waals surface area contributed by atoms with Gasteiger partial charge in [0.05, 0.1) is 10.6 Å². The Bertz CT molecular complexity index is 455. The van der Waals surface area contributed by atoms with Crippen LogP contribution in [0.5, 0.6) is 0 Å². The molecule has 1 aromatic rings. The van der Waals surface area contributed by atoms with E-state index < -0.39 is 11.6 Å². The Kier molecular flexibility index (Phi) is 4.92. The fraction of sp³-hybridized carbons (Fsp3) is 0.571. The zero-order valence-electron chi connectivity index (χ0n) is 11.1. The molecule has 0 spiro atoms. The van der Waals surface area contributed by atoms with Crippen molar-refractivity contribution in [2.24, 2.45) is 5.92 Å². The van der Waals surface area contributed by atoms with Crippen LogP contribution in [0.25, 0.3) is 0 Å². The van der Waals surface area contributed by atoms with E-state index >= 15 is 0 Å². The summed E-state index contributed by atoms with van der Waals surface area (Å²) in [6.07, 6.45) is 1.11. The molecule has 1 heterocycles. The van der Waals surface area contributed by atoms with Gasteiger partial charge in [-0.15, -0.1) is 0 Å². The minimum absolute atomic E-state index is 0.124. The number of hydrogen-bond acceptors (Lipinski definition) is 2. The molecule has 2 atom stereocenters. The van der Waals surface area contributed by atoms with Crippen molar-refractivity contribution in [3.8, 4) is 0 Å². The minimum Gasteiger partial charge on any atom is -0.380 e.